The van der Waals surface area contributed by atoms with E-state index in [1.165, 1.54) is 0 Å². The molecule has 0 spiro atoms. The Balaban J connectivity index is 2.17. The quantitative estimate of drug-likeness (QED) is 0.745. The van der Waals surface area contributed by atoms with Crippen LogP contribution < -0.4 is 0 Å². The van der Waals surface area contributed by atoms with Gasteiger partial charge < -0.3 is 9.67 Å². The molecule has 0 fully saturated rings. The van der Waals surface area contributed by atoms with Gasteiger partial charge in [-0.25, -0.2) is 4.98 Å². The van der Waals surface area contributed by atoms with E-state index in [9.17, 15) is 10.4 Å². The summed E-state index contributed by atoms with van der Waals surface area (Å²) in [6.07, 6.45) is 1.74. The highest BCUT2D eigenvalue weighted by Crippen LogP contribution is 2.24. The SMILES string of the molecule is CCn1c(C(C#N)=Cc2cccc(O)c2)nc2ccccc21. The van der Waals surface area contributed by atoms with Crippen molar-refractivity contribution >= 4 is 22.7 Å². The summed E-state index contributed by atoms with van der Waals surface area (Å²) in [5, 5.41) is 19.1. The van der Waals surface area contributed by atoms with Crippen LogP contribution in [0.4, 0.5) is 0 Å². The number of rotatable bonds is 3. The number of aromatic hydroxyl groups is 1. The second kappa shape index (κ2) is 5.74. The van der Waals surface area contributed by atoms with E-state index in [0.29, 0.717) is 11.4 Å². The third-order valence-electron chi connectivity index (χ3n) is 3.51. The van der Waals surface area contributed by atoms with Gasteiger partial charge in [-0.05, 0) is 42.8 Å². The van der Waals surface area contributed by atoms with Gasteiger partial charge in [0.1, 0.15) is 11.8 Å². The van der Waals surface area contributed by atoms with Crippen LogP contribution >= 0.6 is 0 Å². The Labute approximate surface area is 128 Å². The Bertz CT molecular complexity index is 900. The second-order valence-electron chi connectivity index (χ2n) is 4.93. The molecule has 0 saturated carbocycles. The van der Waals surface area contributed by atoms with E-state index in [1.807, 2.05) is 41.8 Å². The van der Waals surface area contributed by atoms with Gasteiger partial charge in [0.15, 0.2) is 5.82 Å². The lowest BCUT2D eigenvalue weighted by Gasteiger charge is -2.05. The van der Waals surface area contributed by atoms with Crippen LogP contribution in [0.5, 0.6) is 5.75 Å². The number of hydrogen-bond acceptors (Lipinski definition) is 3. The fraction of sp³-hybridized carbons (Fsp3) is 0.111. The highest BCUT2D eigenvalue weighted by Gasteiger charge is 2.13. The number of phenols is 1. The maximum atomic E-state index is 9.55. The monoisotopic (exact) mass is 289 g/mol. The number of benzene rings is 2. The number of allylic oxidation sites excluding steroid dienone is 1. The van der Waals surface area contributed by atoms with E-state index in [1.54, 1.807) is 24.3 Å². The van der Waals surface area contributed by atoms with Crippen LogP contribution in [0.3, 0.4) is 0 Å². The van der Waals surface area contributed by atoms with Crippen molar-refractivity contribution in [1.82, 2.24) is 9.55 Å². The predicted molar refractivity (Wildman–Crippen MR) is 87.0 cm³/mol. The minimum atomic E-state index is 0.176. The number of hydrogen-bond donors (Lipinski definition) is 1. The van der Waals surface area contributed by atoms with Gasteiger partial charge in [-0.1, -0.05) is 24.3 Å². The van der Waals surface area contributed by atoms with Crippen molar-refractivity contribution in [2.24, 2.45) is 0 Å². The Hall–Kier alpha value is -3.06. The number of fused-ring (bicyclic) bond motifs is 1. The van der Waals surface area contributed by atoms with Gasteiger partial charge >= 0.3 is 0 Å². The summed E-state index contributed by atoms with van der Waals surface area (Å²) in [6, 6.07) is 16.9. The molecule has 22 heavy (non-hydrogen) atoms. The Morgan fingerprint density at radius 1 is 1.27 bits per heavy atom. The van der Waals surface area contributed by atoms with Crippen LogP contribution in [0.2, 0.25) is 0 Å². The predicted octanol–water partition coefficient (Wildman–Crippen LogP) is 3.83. The van der Waals surface area contributed by atoms with E-state index >= 15 is 0 Å². The van der Waals surface area contributed by atoms with Crippen molar-refractivity contribution in [3.05, 3.63) is 59.9 Å². The van der Waals surface area contributed by atoms with Crippen molar-refractivity contribution in [3.63, 3.8) is 0 Å². The van der Waals surface area contributed by atoms with Crippen LogP contribution in [-0.4, -0.2) is 14.7 Å². The highest BCUT2D eigenvalue weighted by molar-refractivity contribution is 5.91. The minimum Gasteiger partial charge on any atom is -0.508 e. The zero-order chi connectivity index (χ0) is 15.5. The fourth-order valence-electron chi connectivity index (χ4n) is 2.53. The molecule has 1 N–H and O–H groups in total. The number of phenolic OH excluding ortho intramolecular Hbond substituents is 1. The number of imidazole rings is 1. The van der Waals surface area contributed by atoms with E-state index in [0.717, 1.165) is 23.1 Å². The van der Waals surface area contributed by atoms with Crippen molar-refractivity contribution in [2.75, 3.05) is 0 Å². The van der Waals surface area contributed by atoms with Gasteiger partial charge in [-0.2, -0.15) is 5.26 Å². The fourth-order valence-corrected chi connectivity index (χ4v) is 2.53. The first-order valence-corrected chi connectivity index (χ1v) is 7.09. The molecule has 1 aromatic heterocycles. The Morgan fingerprint density at radius 3 is 2.82 bits per heavy atom. The van der Waals surface area contributed by atoms with Crippen LogP contribution in [0.1, 0.15) is 18.3 Å². The summed E-state index contributed by atoms with van der Waals surface area (Å²) in [5.41, 5.74) is 3.13. The molecule has 3 aromatic rings. The number of aryl methyl sites for hydroxylation is 1. The van der Waals surface area contributed by atoms with E-state index in [2.05, 4.69) is 11.1 Å². The minimum absolute atomic E-state index is 0.176. The molecule has 3 rings (SSSR count). The van der Waals surface area contributed by atoms with Crippen LogP contribution in [0.15, 0.2) is 48.5 Å². The normalized spacial score (nSPS) is 11.5. The molecular weight excluding hydrogens is 274 g/mol. The molecule has 4 nitrogen and oxygen atoms in total. The number of para-hydroxylation sites is 2. The number of aromatic nitrogens is 2. The van der Waals surface area contributed by atoms with Crippen molar-refractivity contribution in [3.8, 4) is 11.8 Å². The summed E-state index contributed by atoms with van der Waals surface area (Å²) in [6.45, 7) is 2.76. The maximum absolute atomic E-state index is 9.55. The van der Waals surface area contributed by atoms with E-state index in [-0.39, 0.29) is 5.75 Å². The molecule has 2 aromatic carbocycles. The van der Waals surface area contributed by atoms with Gasteiger partial charge in [-0.15, -0.1) is 0 Å². The molecule has 0 unspecified atom stereocenters. The third-order valence-corrected chi connectivity index (χ3v) is 3.51. The van der Waals surface area contributed by atoms with Gasteiger partial charge in [0, 0.05) is 6.54 Å². The van der Waals surface area contributed by atoms with E-state index in [4.69, 9.17) is 0 Å². The zero-order valence-corrected chi connectivity index (χ0v) is 12.2. The molecule has 0 aliphatic rings. The van der Waals surface area contributed by atoms with Gasteiger partial charge in [0.25, 0.3) is 0 Å². The van der Waals surface area contributed by atoms with Crippen molar-refractivity contribution < 1.29 is 5.11 Å². The van der Waals surface area contributed by atoms with E-state index < -0.39 is 0 Å². The Morgan fingerprint density at radius 2 is 2.09 bits per heavy atom. The topological polar surface area (TPSA) is 61.8 Å². The summed E-state index contributed by atoms with van der Waals surface area (Å²) in [5.74, 6) is 0.824. The smallest absolute Gasteiger partial charge is 0.151 e. The first-order valence-electron chi connectivity index (χ1n) is 7.09. The molecule has 0 saturated heterocycles. The first kappa shape index (κ1) is 13.9. The molecule has 0 atom stereocenters. The third kappa shape index (κ3) is 2.45. The molecule has 1 heterocycles. The van der Waals surface area contributed by atoms with Crippen LogP contribution in [-0.2, 0) is 6.54 Å². The van der Waals surface area contributed by atoms with Gasteiger partial charge in [-0.3, -0.25) is 0 Å². The van der Waals surface area contributed by atoms with Crippen molar-refractivity contribution in [1.29, 1.82) is 5.26 Å². The molecule has 0 radical (unpaired) electrons. The molecule has 4 heteroatoms. The molecule has 0 bridgehead atoms. The summed E-state index contributed by atoms with van der Waals surface area (Å²) in [4.78, 5) is 4.58. The highest BCUT2D eigenvalue weighted by atomic mass is 16.3. The largest absolute Gasteiger partial charge is 0.508 e. The number of nitrogens with zero attached hydrogens (tertiary/aromatic N) is 3. The summed E-state index contributed by atoms with van der Waals surface area (Å²) < 4.78 is 2.02. The van der Waals surface area contributed by atoms with Crippen molar-refractivity contribution in [2.45, 2.75) is 13.5 Å². The standard InChI is InChI=1S/C18H15N3O/c1-2-21-17-9-4-3-8-16(17)20-18(21)14(12-19)10-13-6-5-7-15(22)11-13/h3-11,22H,2H2,1H3. The zero-order valence-electron chi connectivity index (χ0n) is 12.2. The maximum Gasteiger partial charge on any atom is 0.151 e. The Kier molecular flexibility index (Phi) is 3.63. The average molecular weight is 289 g/mol. The van der Waals surface area contributed by atoms with Gasteiger partial charge in [0.05, 0.1) is 16.6 Å². The molecule has 0 amide bonds. The summed E-state index contributed by atoms with van der Waals surface area (Å²) in [7, 11) is 0. The molecular formula is C18H15N3O. The lowest BCUT2D eigenvalue weighted by atomic mass is 10.1. The lowest BCUT2D eigenvalue weighted by Crippen LogP contribution is -2.00. The first-order chi connectivity index (χ1) is 10.7. The average Bonchev–Trinajstić information content (AvgIpc) is 2.91. The second-order valence-corrected chi connectivity index (χ2v) is 4.93. The lowest BCUT2D eigenvalue weighted by molar-refractivity contribution is 0.475. The van der Waals surface area contributed by atoms with Crippen LogP contribution in [0, 0.1) is 11.3 Å². The summed E-state index contributed by atoms with van der Waals surface area (Å²) >= 11 is 0. The molecule has 108 valence electrons. The van der Waals surface area contributed by atoms with Crippen LogP contribution in [0.25, 0.3) is 22.7 Å². The van der Waals surface area contributed by atoms with Gasteiger partial charge in [0.2, 0.25) is 0 Å². The number of nitriles is 1. The molecule has 0 aliphatic heterocycles. The molecule has 0 aliphatic carbocycles.